The van der Waals surface area contributed by atoms with Crippen molar-refractivity contribution in [2.45, 2.75) is 32.0 Å². The Labute approximate surface area is 119 Å². The van der Waals surface area contributed by atoms with E-state index in [1.807, 2.05) is 19.1 Å². The zero-order chi connectivity index (χ0) is 14.8. The van der Waals surface area contributed by atoms with E-state index in [-0.39, 0.29) is 37.6 Å². The fraction of sp³-hybridized carbons (Fsp3) is 0.571. The summed E-state index contributed by atoms with van der Waals surface area (Å²) in [4.78, 5) is 0. The SMILES string of the molecule is Cc1cc(CO)cc(OCC2(O)CCS(=O)(=O)CC2)c1. The molecule has 0 aromatic heterocycles. The van der Waals surface area contributed by atoms with Crippen LogP contribution in [0.4, 0.5) is 0 Å². The maximum Gasteiger partial charge on any atom is 0.150 e. The Morgan fingerprint density at radius 2 is 1.90 bits per heavy atom. The number of aliphatic hydroxyl groups excluding tert-OH is 1. The molecule has 5 nitrogen and oxygen atoms in total. The van der Waals surface area contributed by atoms with E-state index in [9.17, 15) is 13.5 Å². The maximum absolute atomic E-state index is 11.4. The van der Waals surface area contributed by atoms with Crippen molar-refractivity contribution in [3.05, 3.63) is 29.3 Å². The Morgan fingerprint density at radius 3 is 2.50 bits per heavy atom. The molecule has 0 spiro atoms. The minimum absolute atomic E-state index is 0.00255. The van der Waals surface area contributed by atoms with E-state index in [0.717, 1.165) is 11.1 Å². The molecule has 1 aliphatic heterocycles. The van der Waals surface area contributed by atoms with Gasteiger partial charge in [-0.1, -0.05) is 6.07 Å². The maximum atomic E-state index is 11.4. The van der Waals surface area contributed by atoms with Crippen LogP contribution in [0.1, 0.15) is 24.0 Å². The van der Waals surface area contributed by atoms with E-state index >= 15 is 0 Å². The van der Waals surface area contributed by atoms with Crippen LogP contribution in [0.5, 0.6) is 5.75 Å². The third kappa shape index (κ3) is 3.94. The molecule has 1 aromatic rings. The van der Waals surface area contributed by atoms with Crippen molar-refractivity contribution < 1.29 is 23.4 Å². The Balaban J connectivity index is 2.00. The molecule has 112 valence electrons. The van der Waals surface area contributed by atoms with Crippen LogP contribution in [-0.4, -0.2) is 42.3 Å². The van der Waals surface area contributed by atoms with Gasteiger partial charge in [-0.25, -0.2) is 8.42 Å². The number of rotatable bonds is 4. The Bertz CT molecular complexity index is 565. The fourth-order valence-corrected chi connectivity index (χ4v) is 3.87. The molecule has 0 amide bonds. The molecule has 1 heterocycles. The van der Waals surface area contributed by atoms with Gasteiger partial charge in [0.05, 0.1) is 18.1 Å². The normalized spacial score (nSPS) is 20.6. The van der Waals surface area contributed by atoms with Crippen LogP contribution >= 0.6 is 0 Å². The van der Waals surface area contributed by atoms with Crippen LogP contribution in [0, 0.1) is 6.92 Å². The van der Waals surface area contributed by atoms with E-state index < -0.39 is 15.4 Å². The first-order chi connectivity index (χ1) is 9.32. The van der Waals surface area contributed by atoms with Crippen LogP contribution in [-0.2, 0) is 16.4 Å². The average molecular weight is 300 g/mol. The van der Waals surface area contributed by atoms with Gasteiger partial charge < -0.3 is 14.9 Å². The predicted molar refractivity (Wildman–Crippen MR) is 75.4 cm³/mol. The van der Waals surface area contributed by atoms with Gasteiger partial charge in [-0.15, -0.1) is 0 Å². The lowest BCUT2D eigenvalue weighted by atomic mass is 9.98. The summed E-state index contributed by atoms with van der Waals surface area (Å²) in [5.74, 6) is 0.585. The molecular formula is C14H20O5S. The monoisotopic (exact) mass is 300 g/mol. The van der Waals surface area contributed by atoms with Crippen molar-refractivity contribution in [2.75, 3.05) is 18.1 Å². The average Bonchev–Trinajstić information content (AvgIpc) is 2.40. The molecule has 0 radical (unpaired) electrons. The molecule has 0 unspecified atom stereocenters. The largest absolute Gasteiger partial charge is 0.491 e. The highest BCUT2D eigenvalue weighted by Crippen LogP contribution is 2.25. The molecule has 0 aliphatic carbocycles. The number of hydrogen-bond acceptors (Lipinski definition) is 5. The summed E-state index contributed by atoms with van der Waals surface area (Å²) >= 11 is 0. The number of ether oxygens (including phenoxy) is 1. The number of hydrogen-bond donors (Lipinski definition) is 2. The fourth-order valence-electron chi connectivity index (χ4n) is 2.28. The van der Waals surface area contributed by atoms with Gasteiger partial charge in [0.25, 0.3) is 0 Å². The molecule has 1 aromatic carbocycles. The summed E-state index contributed by atoms with van der Waals surface area (Å²) in [6.45, 7) is 1.89. The zero-order valence-corrected chi connectivity index (χ0v) is 12.3. The molecular weight excluding hydrogens is 280 g/mol. The third-order valence-electron chi connectivity index (χ3n) is 3.56. The second-order valence-electron chi connectivity index (χ2n) is 5.48. The number of aliphatic hydroxyl groups is 2. The van der Waals surface area contributed by atoms with Gasteiger partial charge in [0.2, 0.25) is 0 Å². The molecule has 1 saturated heterocycles. The molecule has 2 rings (SSSR count). The minimum atomic E-state index is -3.00. The van der Waals surface area contributed by atoms with Crippen molar-refractivity contribution >= 4 is 9.84 Å². The topological polar surface area (TPSA) is 83.8 Å². The lowest BCUT2D eigenvalue weighted by Crippen LogP contribution is -2.43. The molecule has 0 atom stereocenters. The van der Waals surface area contributed by atoms with Crippen molar-refractivity contribution in [1.29, 1.82) is 0 Å². The summed E-state index contributed by atoms with van der Waals surface area (Å²) in [7, 11) is -3.00. The Kier molecular flexibility index (Phi) is 4.36. The van der Waals surface area contributed by atoms with E-state index in [0.29, 0.717) is 5.75 Å². The molecule has 0 saturated carbocycles. The molecule has 1 aliphatic rings. The standard InChI is InChI=1S/C14H20O5S/c1-11-6-12(9-15)8-13(7-11)19-10-14(16)2-4-20(17,18)5-3-14/h6-8,15-16H,2-5,9-10H2,1H3. The highest BCUT2D eigenvalue weighted by molar-refractivity contribution is 7.91. The van der Waals surface area contributed by atoms with E-state index in [2.05, 4.69) is 0 Å². The lowest BCUT2D eigenvalue weighted by Gasteiger charge is -2.31. The van der Waals surface area contributed by atoms with E-state index in [1.165, 1.54) is 0 Å². The summed E-state index contributed by atoms with van der Waals surface area (Å²) in [6.07, 6.45) is 0.405. The molecule has 6 heteroatoms. The van der Waals surface area contributed by atoms with Gasteiger partial charge in [-0.3, -0.25) is 0 Å². The number of benzene rings is 1. The van der Waals surface area contributed by atoms with Crippen molar-refractivity contribution in [1.82, 2.24) is 0 Å². The highest BCUT2D eigenvalue weighted by Gasteiger charge is 2.36. The van der Waals surface area contributed by atoms with Gasteiger partial charge in [-0.05, 0) is 43.0 Å². The van der Waals surface area contributed by atoms with Crippen LogP contribution < -0.4 is 4.74 Å². The van der Waals surface area contributed by atoms with Gasteiger partial charge in [0, 0.05) is 0 Å². The first kappa shape index (κ1) is 15.3. The van der Waals surface area contributed by atoms with Crippen LogP contribution in [0.25, 0.3) is 0 Å². The highest BCUT2D eigenvalue weighted by atomic mass is 32.2. The zero-order valence-electron chi connectivity index (χ0n) is 11.5. The second-order valence-corrected chi connectivity index (χ2v) is 7.78. The first-order valence-electron chi connectivity index (χ1n) is 6.59. The third-order valence-corrected chi connectivity index (χ3v) is 5.21. The van der Waals surface area contributed by atoms with Crippen LogP contribution in [0.15, 0.2) is 18.2 Å². The van der Waals surface area contributed by atoms with Crippen molar-refractivity contribution in [2.24, 2.45) is 0 Å². The molecule has 2 N–H and O–H groups in total. The van der Waals surface area contributed by atoms with Gasteiger partial charge in [-0.2, -0.15) is 0 Å². The summed E-state index contributed by atoms with van der Waals surface area (Å²) in [6, 6.07) is 5.40. The molecule has 20 heavy (non-hydrogen) atoms. The molecule has 1 fully saturated rings. The smallest absolute Gasteiger partial charge is 0.150 e. The summed E-state index contributed by atoms with van der Waals surface area (Å²) in [5.41, 5.74) is 0.622. The summed E-state index contributed by atoms with van der Waals surface area (Å²) in [5, 5.41) is 19.5. The number of sulfone groups is 1. The van der Waals surface area contributed by atoms with Crippen LogP contribution in [0.2, 0.25) is 0 Å². The van der Waals surface area contributed by atoms with E-state index in [1.54, 1.807) is 6.07 Å². The Hall–Kier alpha value is -1.11. The van der Waals surface area contributed by atoms with Crippen LogP contribution in [0.3, 0.4) is 0 Å². The van der Waals surface area contributed by atoms with Gasteiger partial charge in [0.1, 0.15) is 18.0 Å². The van der Waals surface area contributed by atoms with Gasteiger partial charge >= 0.3 is 0 Å². The molecule has 0 bridgehead atoms. The van der Waals surface area contributed by atoms with Crippen molar-refractivity contribution in [3.8, 4) is 5.75 Å². The quantitative estimate of drug-likeness (QED) is 0.859. The Morgan fingerprint density at radius 1 is 1.25 bits per heavy atom. The predicted octanol–water partition coefficient (Wildman–Crippen LogP) is 0.806. The summed E-state index contributed by atoms with van der Waals surface area (Å²) < 4.78 is 28.3. The van der Waals surface area contributed by atoms with E-state index in [4.69, 9.17) is 9.84 Å². The minimum Gasteiger partial charge on any atom is -0.491 e. The van der Waals surface area contributed by atoms with Crippen molar-refractivity contribution in [3.63, 3.8) is 0 Å². The first-order valence-corrected chi connectivity index (χ1v) is 8.41. The lowest BCUT2D eigenvalue weighted by molar-refractivity contribution is -0.0129. The number of aryl methyl sites for hydroxylation is 1. The van der Waals surface area contributed by atoms with Gasteiger partial charge in [0.15, 0.2) is 9.84 Å². The second kappa shape index (κ2) is 5.71.